The molecule has 1 aliphatic heterocycles. The summed E-state index contributed by atoms with van der Waals surface area (Å²) in [5, 5.41) is 8.94. The van der Waals surface area contributed by atoms with Crippen LogP contribution in [-0.4, -0.2) is 24.5 Å². The van der Waals surface area contributed by atoms with Gasteiger partial charge in [-0.05, 0) is 32.1 Å². The molecule has 0 amide bonds. The molecule has 0 bridgehead atoms. The van der Waals surface area contributed by atoms with E-state index in [1.807, 2.05) is 13.8 Å². The van der Waals surface area contributed by atoms with Gasteiger partial charge in [-0.3, -0.25) is 0 Å². The second-order valence-corrected chi connectivity index (χ2v) is 5.85. The van der Waals surface area contributed by atoms with Crippen molar-refractivity contribution in [2.45, 2.75) is 39.5 Å². The Kier molecular flexibility index (Phi) is 2.31. The summed E-state index contributed by atoms with van der Waals surface area (Å²) >= 11 is 0. The van der Waals surface area contributed by atoms with Crippen molar-refractivity contribution in [1.82, 2.24) is 4.90 Å². The number of nitriles is 1. The number of likely N-dealkylation sites (tertiary alicyclic amines) is 1. The molecule has 78 valence electrons. The summed E-state index contributed by atoms with van der Waals surface area (Å²) in [6.45, 7) is 7.51. The van der Waals surface area contributed by atoms with Gasteiger partial charge in [0.15, 0.2) is 0 Å². The molecule has 0 aromatic carbocycles. The maximum Gasteiger partial charge on any atom is 0.0697 e. The van der Waals surface area contributed by atoms with E-state index in [0.717, 1.165) is 6.54 Å². The summed E-state index contributed by atoms with van der Waals surface area (Å²) in [6.07, 6.45) is 5.71. The molecule has 0 aromatic rings. The van der Waals surface area contributed by atoms with E-state index in [0.29, 0.717) is 5.41 Å². The topological polar surface area (TPSA) is 27.0 Å². The van der Waals surface area contributed by atoms with Crippen LogP contribution in [0.15, 0.2) is 0 Å². The Labute approximate surface area is 86.9 Å². The number of hydrogen-bond acceptors (Lipinski definition) is 2. The molecular weight excluding hydrogens is 172 g/mol. The standard InChI is InChI=1S/C12H20N2/c1-11(2,7-13)8-14-9-12(10-14)5-3-4-6-12/h3-6,8-10H2,1-2H3. The molecule has 0 atom stereocenters. The fourth-order valence-corrected chi connectivity index (χ4v) is 3.05. The zero-order valence-electron chi connectivity index (χ0n) is 9.34. The van der Waals surface area contributed by atoms with Crippen LogP contribution >= 0.6 is 0 Å². The SMILES string of the molecule is CC(C)(C#N)CN1CC2(CCCC2)C1. The molecular formula is C12H20N2. The summed E-state index contributed by atoms with van der Waals surface area (Å²) in [5.41, 5.74) is 0.506. The number of nitrogens with zero attached hydrogens (tertiary/aromatic N) is 2. The van der Waals surface area contributed by atoms with Gasteiger partial charge in [-0.25, -0.2) is 0 Å². The Morgan fingerprint density at radius 1 is 1.29 bits per heavy atom. The van der Waals surface area contributed by atoms with Gasteiger partial charge < -0.3 is 4.90 Å². The lowest BCUT2D eigenvalue weighted by atomic mass is 9.77. The molecule has 14 heavy (non-hydrogen) atoms. The van der Waals surface area contributed by atoms with Crippen molar-refractivity contribution < 1.29 is 0 Å². The second-order valence-electron chi connectivity index (χ2n) is 5.85. The lowest BCUT2D eigenvalue weighted by Gasteiger charge is -2.50. The summed E-state index contributed by atoms with van der Waals surface area (Å²) in [5.74, 6) is 0. The van der Waals surface area contributed by atoms with Crippen molar-refractivity contribution >= 4 is 0 Å². The van der Waals surface area contributed by atoms with E-state index in [4.69, 9.17) is 5.26 Å². The van der Waals surface area contributed by atoms with E-state index < -0.39 is 0 Å². The highest BCUT2D eigenvalue weighted by molar-refractivity contribution is 5.02. The third-order valence-electron chi connectivity index (χ3n) is 3.70. The highest BCUT2D eigenvalue weighted by Crippen LogP contribution is 2.45. The summed E-state index contributed by atoms with van der Waals surface area (Å²) in [7, 11) is 0. The van der Waals surface area contributed by atoms with Crippen molar-refractivity contribution in [3.8, 4) is 6.07 Å². The Morgan fingerprint density at radius 2 is 1.86 bits per heavy atom. The Bertz CT molecular complexity index is 248. The quantitative estimate of drug-likeness (QED) is 0.672. The summed E-state index contributed by atoms with van der Waals surface area (Å²) < 4.78 is 0. The molecule has 2 nitrogen and oxygen atoms in total. The summed E-state index contributed by atoms with van der Waals surface area (Å²) in [4.78, 5) is 2.45. The van der Waals surface area contributed by atoms with Gasteiger partial charge >= 0.3 is 0 Å². The lowest BCUT2D eigenvalue weighted by Crippen LogP contribution is -2.56. The van der Waals surface area contributed by atoms with Crippen molar-refractivity contribution in [1.29, 1.82) is 5.26 Å². The van der Waals surface area contributed by atoms with Crippen molar-refractivity contribution in [3.63, 3.8) is 0 Å². The molecule has 1 saturated carbocycles. The van der Waals surface area contributed by atoms with Crippen LogP contribution in [0.5, 0.6) is 0 Å². The molecule has 1 saturated heterocycles. The smallest absolute Gasteiger partial charge is 0.0697 e. The minimum absolute atomic E-state index is 0.166. The normalized spacial score (nSPS) is 26.1. The minimum atomic E-state index is -0.166. The average Bonchev–Trinajstić information content (AvgIpc) is 2.52. The molecule has 0 aromatic heterocycles. The predicted molar refractivity (Wildman–Crippen MR) is 56.7 cm³/mol. The maximum absolute atomic E-state index is 8.94. The summed E-state index contributed by atoms with van der Waals surface area (Å²) in [6, 6.07) is 2.38. The van der Waals surface area contributed by atoms with Crippen LogP contribution < -0.4 is 0 Å². The monoisotopic (exact) mass is 192 g/mol. The van der Waals surface area contributed by atoms with Crippen LogP contribution in [-0.2, 0) is 0 Å². The van der Waals surface area contributed by atoms with E-state index in [-0.39, 0.29) is 5.41 Å². The van der Waals surface area contributed by atoms with Gasteiger partial charge in [-0.15, -0.1) is 0 Å². The fraction of sp³-hybridized carbons (Fsp3) is 0.917. The molecule has 0 radical (unpaired) electrons. The molecule has 2 heteroatoms. The van der Waals surface area contributed by atoms with Gasteiger partial charge in [-0.2, -0.15) is 5.26 Å². The van der Waals surface area contributed by atoms with Crippen molar-refractivity contribution in [2.24, 2.45) is 10.8 Å². The van der Waals surface area contributed by atoms with Gasteiger partial charge in [0.25, 0.3) is 0 Å². The van der Waals surface area contributed by atoms with Gasteiger partial charge in [0, 0.05) is 19.6 Å². The number of rotatable bonds is 2. The third kappa shape index (κ3) is 1.79. The van der Waals surface area contributed by atoms with E-state index in [1.165, 1.54) is 38.8 Å². The van der Waals surface area contributed by atoms with Crippen molar-refractivity contribution in [3.05, 3.63) is 0 Å². The van der Waals surface area contributed by atoms with Gasteiger partial charge in [0.2, 0.25) is 0 Å². The minimum Gasteiger partial charge on any atom is -0.301 e. The highest BCUT2D eigenvalue weighted by Gasteiger charge is 2.45. The van der Waals surface area contributed by atoms with Crippen LogP contribution in [0, 0.1) is 22.2 Å². The van der Waals surface area contributed by atoms with Crippen LogP contribution in [0.3, 0.4) is 0 Å². The largest absolute Gasteiger partial charge is 0.301 e. The zero-order chi connectivity index (χ0) is 10.2. The van der Waals surface area contributed by atoms with Crippen LogP contribution in [0.25, 0.3) is 0 Å². The first-order chi connectivity index (χ1) is 6.55. The molecule has 2 aliphatic rings. The average molecular weight is 192 g/mol. The van der Waals surface area contributed by atoms with E-state index in [2.05, 4.69) is 11.0 Å². The molecule has 2 rings (SSSR count). The molecule has 2 fully saturated rings. The molecule has 1 spiro atoms. The molecule has 1 heterocycles. The van der Waals surface area contributed by atoms with E-state index in [9.17, 15) is 0 Å². The third-order valence-corrected chi connectivity index (χ3v) is 3.70. The first-order valence-corrected chi connectivity index (χ1v) is 5.69. The highest BCUT2D eigenvalue weighted by atomic mass is 15.2. The zero-order valence-corrected chi connectivity index (χ0v) is 9.34. The van der Waals surface area contributed by atoms with Crippen LogP contribution in [0.2, 0.25) is 0 Å². The molecule has 0 unspecified atom stereocenters. The van der Waals surface area contributed by atoms with Gasteiger partial charge in [0.05, 0.1) is 11.5 Å². The maximum atomic E-state index is 8.94. The lowest BCUT2D eigenvalue weighted by molar-refractivity contribution is -0.00954. The first-order valence-electron chi connectivity index (χ1n) is 5.69. The van der Waals surface area contributed by atoms with Crippen LogP contribution in [0.4, 0.5) is 0 Å². The van der Waals surface area contributed by atoms with Crippen LogP contribution in [0.1, 0.15) is 39.5 Å². The Balaban J connectivity index is 1.81. The van der Waals surface area contributed by atoms with E-state index >= 15 is 0 Å². The number of hydrogen-bond donors (Lipinski definition) is 0. The van der Waals surface area contributed by atoms with Gasteiger partial charge in [-0.1, -0.05) is 12.8 Å². The fourth-order valence-electron chi connectivity index (χ4n) is 3.05. The first kappa shape index (κ1) is 9.98. The predicted octanol–water partition coefficient (Wildman–Crippen LogP) is 2.41. The van der Waals surface area contributed by atoms with Crippen molar-refractivity contribution in [2.75, 3.05) is 19.6 Å². The Morgan fingerprint density at radius 3 is 2.36 bits per heavy atom. The Hall–Kier alpha value is -0.550. The van der Waals surface area contributed by atoms with E-state index in [1.54, 1.807) is 0 Å². The molecule has 1 aliphatic carbocycles. The molecule has 0 N–H and O–H groups in total. The second kappa shape index (κ2) is 3.24. The van der Waals surface area contributed by atoms with Gasteiger partial charge in [0.1, 0.15) is 0 Å².